The van der Waals surface area contributed by atoms with Crippen LogP contribution >= 0.6 is 11.6 Å². The van der Waals surface area contributed by atoms with Crippen molar-refractivity contribution in [1.29, 1.82) is 0 Å². The summed E-state index contributed by atoms with van der Waals surface area (Å²) >= 11 is 6.28. The van der Waals surface area contributed by atoms with Gasteiger partial charge in [0.1, 0.15) is 5.82 Å². The molecule has 198 valence electrons. The van der Waals surface area contributed by atoms with Crippen molar-refractivity contribution in [3.05, 3.63) is 83.1 Å². The highest BCUT2D eigenvalue weighted by molar-refractivity contribution is 6.31. The average Bonchev–Trinajstić information content (AvgIpc) is 3.50. The zero-order valence-electron chi connectivity index (χ0n) is 21.5. The molecular formula is C29H32ClN5O3. The van der Waals surface area contributed by atoms with Crippen LogP contribution in [-0.2, 0) is 11.3 Å². The number of pyridine rings is 1. The van der Waals surface area contributed by atoms with Crippen LogP contribution in [-0.4, -0.2) is 70.6 Å². The molecule has 0 spiro atoms. The SMILES string of the molecule is COCCN(Cc1cc2ccc(Cl)cc2nc1N1CCC[C@H](CO)C1)C(=O)c1ccc(-n2cccn2)cc1. The van der Waals surface area contributed by atoms with Gasteiger partial charge in [-0.15, -0.1) is 0 Å². The van der Waals surface area contributed by atoms with Gasteiger partial charge in [0, 0.05) is 73.8 Å². The minimum atomic E-state index is -0.0805. The normalized spacial score (nSPS) is 15.7. The van der Waals surface area contributed by atoms with E-state index < -0.39 is 0 Å². The van der Waals surface area contributed by atoms with Gasteiger partial charge in [0.05, 0.1) is 17.8 Å². The monoisotopic (exact) mass is 533 g/mol. The Kier molecular flexibility index (Phi) is 8.22. The molecule has 5 rings (SSSR count). The molecule has 0 radical (unpaired) electrons. The lowest BCUT2D eigenvalue weighted by Gasteiger charge is -2.35. The zero-order valence-corrected chi connectivity index (χ0v) is 22.2. The number of methoxy groups -OCH3 is 1. The summed E-state index contributed by atoms with van der Waals surface area (Å²) in [5.74, 6) is 0.957. The predicted molar refractivity (Wildman–Crippen MR) is 149 cm³/mol. The van der Waals surface area contributed by atoms with Crippen LogP contribution in [0.4, 0.5) is 5.82 Å². The van der Waals surface area contributed by atoms with E-state index in [-0.39, 0.29) is 18.4 Å². The Morgan fingerprint density at radius 2 is 2.05 bits per heavy atom. The molecule has 1 atom stereocenters. The number of aliphatic hydroxyl groups is 1. The first-order valence-corrected chi connectivity index (χ1v) is 13.3. The lowest BCUT2D eigenvalue weighted by molar-refractivity contribution is 0.0680. The van der Waals surface area contributed by atoms with Gasteiger partial charge in [-0.25, -0.2) is 9.67 Å². The van der Waals surface area contributed by atoms with Crippen LogP contribution in [0.25, 0.3) is 16.6 Å². The first kappa shape index (κ1) is 26.2. The van der Waals surface area contributed by atoms with Gasteiger partial charge in [-0.3, -0.25) is 4.79 Å². The van der Waals surface area contributed by atoms with E-state index in [4.69, 9.17) is 21.3 Å². The van der Waals surface area contributed by atoms with Gasteiger partial charge < -0.3 is 19.6 Å². The predicted octanol–water partition coefficient (Wildman–Crippen LogP) is 4.57. The largest absolute Gasteiger partial charge is 0.396 e. The molecule has 1 aliphatic heterocycles. The fourth-order valence-electron chi connectivity index (χ4n) is 4.99. The third-order valence-corrected chi connectivity index (χ3v) is 7.24. The number of hydrogen-bond donors (Lipinski definition) is 1. The van der Waals surface area contributed by atoms with Crippen molar-refractivity contribution in [2.24, 2.45) is 5.92 Å². The lowest BCUT2D eigenvalue weighted by Crippen LogP contribution is -2.39. The van der Waals surface area contributed by atoms with Gasteiger partial charge in [0.25, 0.3) is 5.91 Å². The number of nitrogens with zero attached hydrogens (tertiary/aromatic N) is 5. The van der Waals surface area contributed by atoms with Crippen molar-refractivity contribution >= 4 is 34.2 Å². The number of hydrogen-bond acceptors (Lipinski definition) is 6. The van der Waals surface area contributed by atoms with Crippen LogP contribution in [0, 0.1) is 5.92 Å². The molecule has 0 saturated carbocycles. The topological polar surface area (TPSA) is 83.7 Å². The average molecular weight is 534 g/mol. The molecule has 0 unspecified atom stereocenters. The lowest BCUT2D eigenvalue weighted by atomic mass is 9.98. The summed E-state index contributed by atoms with van der Waals surface area (Å²) in [5.41, 5.74) is 3.25. The van der Waals surface area contributed by atoms with Crippen molar-refractivity contribution in [2.45, 2.75) is 19.4 Å². The second-order valence-corrected chi connectivity index (χ2v) is 10.1. The van der Waals surface area contributed by atoms with Gasteiger partial charge in [-0.1, -0.05) is 17.7 Å². The quantitative estimate of drug-likeness (QED) is 0.339. The summed E-state index contributed by atoms with van der Waals surface area (Å²) in [6.07, 6.45) is 5.56. The Morgan fingerprint density at radius 3 is 2.79 bits per heavy atom. The number of ether oxygens (including phenoxy) is 1. The van der Waals surface area contributed by atoms with Crippen LogP contribution < -0.4 is 4.90 Å². The minimum absolute atomic E-state index is 0.0805. The number of carbonyl (C=O) groups is 1. The van der Waals surface area contributed by atoms with Crippen molar-refractivity contribution in [3.63, 3.8) is 0 Å². The maximum absolute atomic E-state index is 13.7. The molecule has 8 nitrogen and oxygen atoms in total. The summed E-state index contributed by atoms with van der Waals surface area (Å²) in [5, 5.41) is 15.7. The van der Waals surface area contributed by atoms with Crippen molar-refractivity contribution in [1.82, 2.24) is 19.7 Å². The van der Waals surface area contributed by atoms with Crippen molar-refractivity contribution < 1.29 is 14.6 Å². The number of halogens is 1. The number of carbonyl (C=O) groups excluding carboxylic acids is 1. The first-order valence-electron chi connectivity index (χ1n) is 12.9. The number of benzene rings is 2. The van der Waals surface area contributed by atoms with E-state index in [0.29, 0.717) is 30.3 Å². The Bertz CT molecular complexity index is 1380. The smallest absolute Gasteiger partial charge is 0.254 e. The molecule has 2 aromatic heterocycles. The van der Waals surface area contributed by atoms with E-state index >= 15 is 0 Å². The van der Waals surface area contributed by atoms with E-state index in [9.17, 15) is 9.90 Å². The van der Waals surface area contributed by atoms with Crippen LogP contribution in [0.15, 0.2) is 67.0 Å². The summed E-state index contributed by atoms with van der Waals surface area (Å²) in [4.78, 5) is 22.8. The first-order chi connectivity index (χ1) is 18.6. The molecule has 4 aromatic rings. The molecule has 3 heterocycles. The molecule has 0 aliphatic carbocycles. The summed E-state index contributed by atoms with van der Waals surface area (Å²) in [6.45, 7) is 2.96. The third kappa shape index (κ3) is 5.83. The fraction of sp³-hybridized carbons (Fsp3) is 0.345. The molecule has 1 fully saturated rings. The second-order valence-electron chi connectivity index (χ2n) is 9.66. The molecule has 38 heavy (non-hydrogen) atoms. The van der Waals surface area contributed by atoms with Crippen LogP contribution in [0.2, 0.25) is 5.02 Å². The Hall–Kier alpha value is -3.46. The minimum Gasteiger partial charge on any atom is -0.396 e. The maximum Gasteiger partial charge on any atom is 0.254 e. The van der Waals surface area contributed by atoms with Crippen LogP contribution in [0.5, 0.6) is 0 Å². The molecule has 1 saturated heterocycles. The van der Waals surface area contributed by atoms with E-state index in [1.807, 2.05) is 59.6 Å². The van der Waals surface area contributed by atoms with Gasteiger partial charge in [0.15, 0.2) is 0 Å². The van der Waals surface area contributed by atoms with E-state index in [2.05, 4.69) is 16.1 Å². The summed E-state index contributed by atoms with van der Waals surface area (Å²) in [7, 11) is 1.64. The molecule has 1 aliphatic rings. The molecule has 1 amide bonds. The Labute approximate surface area is 227 Å². The van der Waals surface area contributed by atoms with Crippen LogP contribution in [0.1, 0.15) is 28.8 Å². The number of fused-ring (bicyclic) bond motifs is 1. The van der Waals surface area contributed by atoms with E-state index in [0.717, 1.165) is 53.9 Å². The third-order valence-electron chi connectivity index (χ3n) is 7.01. The highest BCUT2D eigenvalue weighted by Gasteiger charge is 2.25. The Morgan fingerprint density at radius 1 is 1.21 bits per heavy atom. The number of piperidine rings is 1. The van der Waals surface area contributed by atoms with E-state index in [1.165, 1.54) is 0 Å². The standard InChI is InChI=1S/C29H32ClN5O3/c1-38-15-14-34(29(37)22-6-9-26(10-7-22)35-13-3-11-31-35)19-24-16-23-5-8-25(30)17-27(23)32-28(24)33-12-2-4-21(18-33)20-36/h3,5-11,13,16-17,21,36H,2,4,12,14-15,18-20H2,1H3/t21-/m0/s1. The number of anilines is 1. The van der Waals surface area contributed by atoms with Crippen molar-refractivity contribution in [2.75, 3.05) is 44.9 Å². The van der Waals surface area contributed by atoms with Gasteiger partial charge in [-0.05, 0) is 67.3 Å². The van der Waals surface area contributed by atoms with Crippen molar-refractivity contribution in [3.8, 4) is 5.69 Å². The van der Waals surface area contributed by atoms with Gasteiger partial charge >= 0.3 is 0 Å². The summed E-state index contributed by atoms with van der Waals surface area (Å²) in [6, 6.07) is 17.1. The number of aliphatic hydroxyl groups excluding tert-OH is 1. The number of amides is 1. The molecule has 1 N–H and O–H groups in total. The zero-order chi connectivity index (χ0) is 26.5. The number of aromatic nitrogens is 3. The number of rotatable bonds is 9. The Balaban J connectivity index is 1.48. The molecule has 9 heteroatoms. The molecule has 0 bridgehead atoms. The highest BCUT2D eigenvalue weighted by Crippen LogP contribution is 2.30. The van der Waals surface area contributed by atoms with Gasteiger partial charge in [0.2, 0.25) is 0 Å². The van der Waals surface area contributed by atoms with Crippen LogP contribution in [0.3, 0.4) is 0 Å². The maximum atomic E-state index is 13.7. The second kappa shape index (κ2) is 11.9. The highest BCUT2D eigenvalue weighted by atomic mass is 35.5. The van der Waals surface area contributed by atoms with Gasteiger partial charge in [-0.2, -0.15) is 5.10 Å². The molecule has 2 aromatic carbocycles. The molecular weight excluding hydrogens is 502 g/mol. The van der Waals surface area contributed by atoms with E-state index in [1.54, 1.807) is 18.0 Å². The summed E-state index contributed by atoms with van der Waals surface area (Å²) < 4.78 is 7.11. The fourth-order valence-corrected chi connectivity index (χ4v) is 5.16.